The van der Waals surface area contributed by atoms with E-state index in [4.69, 9.17) is 24.7 Å². The molecule has 10 nitrogen and oxygen atoms in total. The number of allylic oxidation sites excluding steroid dienone is 1. The fraction of sp³-hybridized carbons (Fsp3) is 0.391. The molecule has 1 atom stereocenters. The smallest absolute Gasteiger partial charge is 0.339 e. The SMILES string of the molecule is CCOC(=O)C1=C(N)N(CC(=O)OC)c2ccccc2[C@@]12C(=O)OC(C)=C2C(=O)OC(C)C. The van der Waals surface area contributed by atoms with Gasteiger partial charge in [-0.05, 0) is 33.8 Å². The molecule has 33 heavy (non-hydrogen) atoms. The first kappa shape index (κ1) is 23.8. The van der Waals surface area contributed by atoms with E-state index in [0.717, 1.165) is 0 Å². The van der Waals surface area contributed by atoms with E-state index >= 15 is 0 Å². The standard InChI is InChI=1S/C23H26N2O8/c1-6-31-20(27)18-19(24)25(11-16(26)30-5)15-10-8-7-9-14(15)23(18)17(13(4)33-22(23)29)21(28)32-12(2)3/h7-10,12H,6,11,24H2,1-5H3/t23-/m0/s1. The quantitative estimate of drug-likeness (QED) is 0.493. The van der Waals surface area contributed by atoms with Crippen LogP contribution in [0.1, 0.15) is 33.3 Å². The molecular formula is C23H26N2O8. The number of hydrogen-bond donors (Lipinski definition) is 1. The molecule has 0 radical (unpaired) electrons. The third kappa shape index (κ3) is 3.71. The Bertz CT molecular complexity index is 1090. The summed E-state index contributed by atoms with van der Waals surface area (Å²) >= 11 is 0. The number of carbonyl (C=O) groups is 4. The molecule has 1 aromatic carbocycles. The van der Waals surface area contributed by atoms with E-state index in [1.807, 2.05) is 0 Å². The lowest BCUT2D eigenvalue weighted by atomic mass is 9.66. The average molecular weight is 458 g/mol. The van der Waals surface area contributed by atoms with Crippen molar-refractivity contribution in [2.45, 2.75) is 39.2 Å². The van der Waals surface area contributed by atoms with Crippen molar-refractivity contribution in [3.05, 3.63) is 52.6 Å². The third-order valence-electron chi connectivity index (χ3n) is 5.34. The number of ether oxygens (including phenoxy) is 4. The van der Waals surface area contributed by atoms with Gasteiger partial charge in [0.15, 0.2) is 5.41 Å². The predicted octanol–water partition coefficient (Wildman–Crippen LogP) is 1.43. The van der Waals surface area contributed by atoms with Gasteiger partial charge in [-0.2, -0.15) is 0 Å². The Labute approximate surface area is 190 Å². The van der Waals surface area contributed by atoms with Gasteiger partial charge in [-0.15, -0.1) is 0 Å². The van der Waals surface area contributed by atoms with E-state index in [1.165, 1.54) is 18.9 Å². The van der Waals surface area contributed by atoms with Gasteiger partial charge in [0.25, 0.3) is 0 Å². The summed E-state index contributed by atoms with van der Waals surface area (Å²) in [6, 6.07) is 6.48. The molecule has 0 saturated carbocycles. The largest absolute Gasteiger partial charge is 0.468 e. The Morgan fingerprint density at radius 3 is 2.42 bits per heavy atom. The van der Waals surface area contributed by atoms with Crippen LogP contribution in [0.3, 0.4) is 0 Å². The van der Waals surface area contributed by atoms with Gasteiger partial charge in [-0.1, -0.05) is 18.2 Å². The maximum absolute atomic E-state index is 13.5. The van der Waals surface area contributed by atoms with Gasteiger partial charge >= 0.3 is 23.9 Å². The summed E-state index contributed by atoms with van der Waals surface area (Å²) in [6.07, 6.45) is -0.507. The molecule has 3 rings (SSSR count). The fourth-order valence-electron chi connectivity index (χ4n) is 4.12. The number of rotatable bonds is 6. The Morgan fingerprint density at radius 2 is 1.82 bits per heavy atom. The zero-order valence-electron chi connectivity index (χ0n) is 19.1. The zero-order chi connectivity index (χ0) is 24.5. The molecule has 0 unspecified atom stereocenters. The highest BCUT2D eigenvalue weighted by molar-refractivity contribution is 6.16. The molecule has 1 aromatic rings. The van der Waals surface area contributed by atoms with Crippen LogP contribution >= 0.6 is 0 Å². The Hall–Kier alpha value is -3.82. The summed E-state index contributed by atoms with van der Waals surface area (Å²) in [4.78, 5) is 53.4. The molecule has 0 bridgehead atoms. The van der Waals surface area contributed by atoms with Crippen LogP contribution in [0.4, 0.5) is 5.69 Å². The lowest BCUT2D eigenvalue weighted by molar-refractivity contribution is -0.148. The van der Waals surface area contributed by atoms with Gasteiger partial charge in [-0.3, -0.25) is 4.79 Å². The number of esters is 4. The Morgan fingerprint density at radius 1 is 1.15 bits per heavy atom. The van der Waals surface area contributed by atoms with Gasteiger partial charge in [-0.25, -0.2) is 14.4 Å². The molecule has 2 aliphatic rings. The second-order valence-electron chi connectivity index (χ2n) is 7.68. The van der Waals surface area contributed by atoms with Crippen molar-refractivity contribution in [3.8, 4) is 0 Å². The number of cyclic esters (lactones) is 1. The van der Waals surface area contributed by atoms with Crippen LogP contribution in [0.5, 0.6) is 0 Å². The molecule has 2 N–H and O–H groups in total. The summed E-state index contributed by atoms with van der Waals surface area (Å²) in [7, 11) is 1.21. The third-order valence-corrected chi connectivity index (χ3v) is 5.34. The molecular weight excluding hydrogens is 432 g/mol. The van der Waals surface area contributed by atoms with Crippen molar-refractivity contribution in [1.29, 1.82) is 0 Å². The Balaban J connectivity index is 2.41. The van der Waals surface area contributed by atoms with E-state index in [0.29, 0.717) is 5.69 Å². The van der Waals surface area contributed by atoms with Crippen molar-refractivity contribution in [3.63, 3.8) is 0 Å². The molecule has 0 fully saturated rings. The number of methoxy groups -OCH3 is 1. The summed E-state index contributed by atoms with van der Waals surface area (Å²) in [6.45, 7) is 5.97. The van der Waals surface area contributed by atoms with Gasteiger partial charge in [0.05, 0.1) is 19.8 Å². The highest BCUT2D eigenvalue weighted by atomic mass is 16.6. The monoisotopic (exact) mass is 458 g/mol. The maximum Gasteiger partial charge on any atom is 0.339 e. The lowest BCUT2D eigenvalue weighted by Crippen LogP contribution is -2.51. The Kier molecular flexibility index (Phi) is 6.48. The number of nitrogens with zero attached hydrogens (tertiary/aromatic N) is 1. The number of benzene rings is 1. The minimum Gasteiger partial charge on any atom is -0.468 e. The van der Waals surface area contributed by atoms with E-state index < -0.39 is 35.4 Å². The molecule has 0 amide bonds. The van der Waals surface area contributed by atoms with E-state index in [1.54, 1.807) is 45.0 Å². The van der Waals surface area contributed by atoms with Crippen LogP contribution in [0.2, 0.25) is 0 Å². The van der Waals surface area contributed by atoms with Crippen LogP contribution in [0.15, 0.2) is 47.0 Å². The molecule has 0 aliphatic carbocycles. The van der Waals surface area contributed by atoms with Crippen LogP contribution < -0.4 is 10.6 Å². The first-order chi connectivity index (χ1) is 15.6. The summed E-state index contributed by atoms with van der Waals surface area (Å²) in [5.41, 5.74) is 4.44. The van der Waals surface area contributed by atoms with Crippen LogP contribution in [0.25, 0.3) is 0 Å². The number of carbonyl (C=O) groups excluding carboxylic acids is 4. The van der Waals surface area contributed by atoms with Crippen LogP contribution in [-0.2, 0) is 43.5 Å². The van der Waals surface area contributed by atoms with Gasteiger partial charge in [0, 0.05) is 11.3 Å². The van der Waals surface area contributed by atoms with Gasteiger partial charge in [0.2, 0.25) is 0 Å². The van der Waals surface area contributed by atoms with Gasteiger partial charge < -0.3 is 29.6 Å². The molecule has 176 valence electrons. The minimum atomic E-state index is -2.03. The minimum absolute atomic E-state index is 0.0172. The van der Waals surface area contributed by atoms with Crippen molar-refractivity contribution >= 4 is 29.6 Å². The van der Waals surface area contributed by atoms with Crippen molar-refractivity contribution in [1.82, 2.24) is 0 Å². The highest BCUT2D eigenvalue weighted by Crippen LogP contribution is 2.54. The van der Waals surface area contributed by atoms with Crippen molar-refractivity contribution in [2.75, 3.05) is 25.2 Å². The molecule has 0 aromatic heterocycles. The maximum atomic E-state index is 13.5. The summed E-state index contributed by atoms with van der Waals surface area (Å²) in [5, 5.41) is 0. The topological polar surface area (TPSA) is 134 Å². The number of anilines is 1. The molecule has 1 spiro atoms. The second-order valence-corrected chi connectivity index (χ2v) is 7.68. The predicted molar refractivity (Wildman–Crippen MR) is 115 cm³/mol. The zero-order valence-corrected chi connectivity index (χ0v) is 19.1. The second kappa shape index (κ2) is 8.97. The lowest BCUT2D eigenvalue weighted by Gasteiger charge is -2.40. The van der Waals surface area contributed by atoms with E-state index in [9.17, 15) is 19.2 Å². The normalized spacial score (nSPS) is 19.6. The molecule has 2 heterocycles. The summed E-state index contributed by atoms with van der Waals surface area (Å²) in [5.74, 6) is -3.55. The first-order valence-electron chi connectivity index (χ1n) is 10.4. The van der Waals surface area contributed by atoms with Crippen LogP contribution in [-0.4, -0.2) is 50.2 Å². The number of hydrogen-bond acceptors (Lipinski definition) is 10. The fourth-order valence-corrected chi connectivity index (χ4v) is 4.12. The number of nitrogens with two attached hydrogens (primary N) is 1. The van der Waals surface area contributed by atoms with Crippen molar-refractivity contribution < 1.29 is 38.1 Å². The number of fused-ring (bicyclic) bond motifs is 2. The highest BCUT2D eigenvalue weighted by Gasteiger charge is 2.63. The molecule has 10 heteroatoms. The van der Waals surface area contributed by atoms with E-state index in [2.05, 4.69) is 0 Å². The first-order valence-corrected chi connectivity index (χ1v) is 10.4. The van der Waals surface area contributed by atoms with E-state index in [-0.39, 0.29) is 41.4 Å². The average Bonchev–Trinajstić information content (AvgIpc) is 3.01. The van der Waals surface area contributed by atoms with Gasteiger partial charge in [0.1, 0.15) is 29.3 Å². The molecule has 2 aliphatic heterocycles. The van der Waals surface area contributed by atoms with Crippen molar-refractivity contribution in [2.24, 2.45) is 5.73 Å². The summed E-state index contributed by atoms with van der Waals surface area (Å²) < 4.78 is 20.8. The van der Waals surface area contributed by atoms with Crippen LogP contribution in [0, 0.1) is 0 Å². The number of para-hydroxylation sites is 1. The molecule has 0 saturated heterocycles.